The molecule has 0 aliphatic heterocycles. The number of carbonyl (C=O) groups excluding carboxylic acids is 1. The fraction of sp³-hybridized carbons (Fsp3) is 0.786. The maximum absolute atomic E-state index is 12.3. The van der Waals surface area contributed by atoms with Gasteiger partial charge in [0, 0.05) is 12.0 Å². The number of rotatable bonds is 7. The molecule has 0 aliphatic rings. The first-order valence-electron chi connectivity index (χ1n) is 6.15. The van der Waals surface area contributed by atoms with Crippen LogP contribution in [-0.4, -0.2) is 29.3 Å². The highest BCUT2D eigenvalue weighted by molar-refractivity contribution is 5.89. The molecule has 0 rings (SSSR count). The maximum Gasteiger partial charge on any atom is 0.155 e. The lowest BCUT2D eigenvalue weighted by atomic mass is 9.83. The average Bonchev–Trinajstić information content (AvgIpc) is 2.23. The Morgan fingerprint density at radius 3 is 2.19 bits per heavy atom. The number of Topliss-reactive ketones (excluding diaryl/α,β-unsaturated/α-hetero) is 1. The molecule has 0 radical (unpaired) electrons. The first-order chi connectivity index (χ1) is 7.27. The summed E-state index contributed by atoms with van der Waals surface area (Å²) in [5.74, 6) is 0.404. The first kappa shape index (κ1) is 15.4. The van der Waals surface area contributed by atoms with E-state index in [9.17, 15) is 4.79 Å². The molecule has 0 aromatic carbocycles. The average molecular weight is 225 g/mol. The van der Waals surface area contributed by atoms with Crippen LogP contribution < -0.4 is 0 Å². The van der Waals surface area contributed by atoms with E-state index in [0.717, 1.165) is 12.8 Å². The molecule has 16 heavy (non-hydrogen) atoms. The summed E-state index contributed by atoms with van der Waals surface area (Å²) in [7, 11) is 2.04. The van der Waals surface area contributed by atoms with E-state index in [1.807, 2.05) is 27.0 Å². The molecule has 0 spiro atoms. The Morgan fingerprint density at radius 1 is 1.38 bits per heavy atom. The smallest absolute Gasteiger partial charge is 0.155 e. The molecule has 0 aliphatic carbocycles. The van der Waals surface area contributed by atoms with Crippen molar-refractivity contribution < 1.29 is 4.79 Å². The molecule has 1 atom stereocenters. The summed E-state index contributed by atoms with van der Waals surface area (Å²) < 4.78 is 0. The van der Waals surface area contributed by atoms with Gasteiger partial charge in [-0.1, -0.05) is 19.9 Å². The molecule has 0 saturated carbocycles. The number of allylic oxidation sites excluding steroid dienone is 1. The van der Waals surface area contributed by atoms with Gasteiger partial charge in [-0.15, -0.1) is 6.58 Å². The van der Waals surface area contributed by atoms with Gasteiger partial charge in [0.2, 0.25) is 0 Å². The summed E-state index contributed by atoms with van der Waals surface area (Å²) in [4.78, 5) is 14.5. The second kappa shape index (κ2) is 6.19. The SMILES string of the molecule is C=CCC[C@@](C)(C(=O)C(C)C)N(C)C(C)C. The maximum atomic E-state index is 12.3. The predicted molar refractivity (Wildman–Crippen MR) is 70.6 cm³/mol. The summed E-state index contributed by atoms with van der Waals surface area (Å²) >= 11 is 0. The molecule has 0 fully saturated rings. The van der Waals surface area contributed by atoms with Gasteiger partial charge in [0.05, 0.1) is 5.54 Å². The van der Waals surface area contributed by atoms with E-state index in [-0.39, 0.29) is 11.5 Å². The molecule has 0 aromatic rings. The largest absolute Gasteiger partial charge is 0.297 e. The zero-order valence-electron chi connectivity index (χ0n) is 11.7. The number of hydrogen-bond acceptors (Lipinski definition) is 2. The molecule has 0 unspecified atom stereocenters. The van der Waals surface area contributed by atoms with Crippen LogP contribution in [0.15, 0.2) is 12.7 Å². The molecule has 0 bridgehead atoms. The van der Waals surface area contributed by atoms with Crippen LogP contribution in [0.5, 0.6) is 0 Å². The van der Waals surface area contributed by atoms with E-state index in [4.69, 9.17) is 0 Å². The van der Waals surface area contributed by atoms with Crippen molar-refractivity contribution in [3.8, 4) is 0 Å². The standard InChI is InChI=1S/C14H27NO/c1-8-9-10-14(6,13(16)11(2)3)15(7)12(4)5/h8,11-12H,1,9-10H2,2-7H3/t14-/m0/s1. The van der Waals surface area contributed by atoms with E-state index in [1.165, 1.54) is 0 Å². The monoisotopic (exact) mass is 225 g/mol. The Kier molecular flexibility index (Phi) is 5.95. The van der Waals surface area contributed by atoms with E-state index < -0.39 is 0 Å². The highest BCUT2D eigenvalue weighted by Gasteiger charge is 2.38. The number of nitrogens with zero attached hydrogens (tertiary/aromatic N) is 1. The highest BCUT2D eigenvalue weighted by atomic mass is 16.1. The van der Waals surface area contributed by atoms with Gasteiger partial charge in [-0.25, -0.2) is 0 Å². The zero-order chi connectivity index (χ0) is 12.9. The van der Waals surface area contributed by atoms with Crippen LogP contribution >= 0.6 is 0 Å². The molecule has 0 amide bonds. The quantitative estimate of drug-likeness (QED) is 0.620. The van der Waals surface area contributed by atoms with E-state index in [0.29, 0.717) is 11.8 Å². The van der Waals surface area contributed by atoms with Crippen molar-refractivity contribution in [3.63, 3.8) is 0 Å². The van der Waals surface area contributed by atoms with Crippen LogP contribution in [0.4, 0.5) is 0 Å². The Balaban J connectivity index is 5.01. The lowest BCUT2D eigenvalue weighted by molar-refractivity contribution is -0.134. The van der Waals surface area contributed by atoms with Gasteiger partial charge in [-0.3, -0.25) is 9.69 Å². The molecule has 94 valence electrons. The summed E-state index contributed by atoms with van der Waals surface area (Å²) in [6.45, 7) is 14.0. The Bertz CT molecular complexity index is 245. The second-order valence-corrected chi connectivity index (χ2v) is 5.32. The highest BCUT2D eigenvalue weighted by Crippen LogP contribution is 2.26. The Hall–Kier alpha value is -0.630. The zero-order valence-corrected chi connectivity index (χ0v) is 11.7. The number of likely N-dealkylation sites (N-methyl/N-ethyl adjacent to an activating group) is 1. The van der Waals surface area contributed by atoms with Gasteiger partial charge < -0.3 is 0 Å². The molecule has 2 nitrogen and oxygen atoms in total. The summed E-state index contributed by atoms with van der Waals surface area (Å²) in [6.07, 6.45) is 3.62. The number of carbonyl (C=O) groups is 1. The van der Waals surface area contributed by atoms with E-state index >= 15 is 0 Å². The number of ketones is 1. The Morgan fingerprint density at radius 2 is 1.88 bits per heavy atom. The normalized spacial score (nSPS) is 15.6. The summed E-state index contributed by atoms with van der Waals surface area (Å²) in [5, 5.41) is 0. The van der Waals surface area contributed by atoms with Crippen molar-refractivity contribution in [2.45, 2.75) is 59.0 Å². The fourth-order valence-corrected chi connectivity index (χ4v) is 2.05. The lowest BCUT2D eigenvalue weighted by Gasteiger charge is -2.41. The van der Waals surface area contributed by atoms with Gasteiger partial charge in [0.15, 0.2) is 5.78 Å². The van der Waals surface area contributed by atoms with E-state index in [2.05, 4.69) is 32.3 Å². The molecule has 0 N–H and O–H groups in total. The second-order valence-electron chi connectivity index (χ2n) is 5.32. The van der Waals surface area contributed by atoms with Crippen LogP contribution in [0.2, 0.25) is 0 Å². The van der Waals surface area contributed by atoms with Crippen LogP contribution in [0, 0.1) is 5.92 Å². The van der Waals surface area contributed by atoms with Crippen molar-refractivity contribution in [2.75, 3.05) is 7.05 Å². The molecular formula is C14H27NO. The van der Waals surface area contributed by atoms with Gasteiger partial charge in [-0.2, -0.15) is 0 Å². The third kappa shape index (κ3) is 3.44. The summed E-state index contributed by atoms with van der Waals surface area (Å²) in [5.41, 5.74) is -0.365. The fourth-order valence-electron chi connectivity index (χ4n) is 2.05. The number of hydrogen-bond donors (Lipinski definition) is 0. The predicted octanol–water partition coefficient (Wildman–Crippen LogP) is 3.28. The van der Waals surface area contributed by atoms with Crippen molar-refractivity contribution in [1.82, 2.24) is 4.90 Å². The van der Waals surface area contributed by atoms with Crippen molar-refractivity contribution in [1.29, 1.82) is 0 Å². The van der Waals surface area contributed by atoms with Crippen LogP contribution in [0.25, 0.3) is 0 Å². The molecule has 0 aromatic heterocycles. The molecule has 0 saturated heterocycles. The van der Waals surface area contributed by atoms with Crippen molar-refractivity contribution >= 4 is 5.78 Å². The van der Waals surface area contributed by atoms with Crippen molar-refractivity contribution in [2.24, 2.45) is 5.92 Å². The molecule has 2 heteroatoms. The lowest BCUT2D eigenvalue weighted by Crippen LogP contribution is -2.54. The van der Waals surface area contributed by atoms with Crippen LogP contribution in [-0.2, 0) is 4.79 Å². The minimum absolute atomic E-state index is 0.0796. The Labute approximate surface area is 101 Å². The van der Waals surface area contributed by atoms with Gasteiger partial charge in [-0.05, 0) is 40.7 Å². The van der Waals surface area contributed by atoms with Crippen molar-refractivity contribution in [3.05, 3.63) is 12.7 Å². The molecular weight excluding hydrogens is 198 g/mol. The first-order valence-corrected chi connectivity index (χ1v) is 6.15. The minimum atomic E-state index is -0.365. The minimum Gasteiger partial charge on any atom is -0.297 e. The summed E-state index contributed by atoms with van der Waals surface area (Å²) in [6, 6.07) is 0.373. The third-order valence-electron chi connectivity index (χ3n) is 3.44. The van der Waals surface area contributed by atoms with Crippen LogP contribution in [0.1, 0.15) is 47.5 Å². The van der Waals surface area contributed by atoms with Gasteiger partial charge in [0.1, 0.15) is 0 Å². The molecule has 0 heterocycles. The topological polar surface area (TPSA) is 20.3 Å². The van der Waals surface area contributed by atoms with Gasteiger partial charge >= 0.3 is 0 Å². The van der Waals surface area contributed by atoms with Crippen LogP contribution in [0.3, 0.4) is 0 Å². The third-order valence-corrected chi connectivity index (χ3v) is 3.44. The van der Waals surface area contributed by atoms with Gasteiger partial charge in [0.25, 0.3) is 0 Å². The van der Waals surface area contributed by atoms with E-state index in [1.54, 1.807) is 0 Å².